The highest BCUT2D eigenvalue weighted by Crippen LogP contribution is 2.41. The summed E-state index contributed by atoms with van der Waals surface area (Å²) in [5, 5.41) is 6.09. The van der Waals surface area contributed by atoms with Gasteiger partial charge in [-0.05, 0) is 50.8 Å². The van der Waals surface area contributed by atoms with Crippen LogP contribution in [0.3, 0.4) is 0 Å². The number of nitrogens with one attached hydrogen (secondary N) is 2. The maximum absolute atomic E-state index is 11.9. The summed E-state index contributed by atoms with van der Waals surface area (Å²) in [5.74, 6) is 0.939. The number of hydrogen-bond acceptors (Lipinski definition) is 3. The first-order valence-corrected chi connectivity index (χ1v) is 8.16. The molecule has 1 amide bonds. The Hall–Kier alpha value is -1.55. The molecule has 0 radical (unpaired) electrons. The van der Waals surface area contributed by atoms with E-state index in [-0.39, 0.29) is 11.9 Å². The minimum Gasteiger partial charge on any atom is -0.368 e. The number of likely N-dealkylation sites (N-methyl/N-ethyl adjacent to an activating group) is 1. The van der Waals surface area contributed by atoms with Crippen molar-refractivity contribution in [2.75, 3.05) is 23.8 Å². The molecule has 21 heavy (non-hydrogen) atoms. The second-order valence-electron chi connectivity index (χ2n) is 6.58. The molecular weight excluding hydrogens is 262 g/mol. The molecule has 3 unspecified atom stereocenters. The fourth-order valence-corrected chi connectivity index (χ4v) is 4.49. The molecule has 3 aliphatic rings. The van der Waals surface area contributed by atoms with Crippen LogP contribution in [0.1, 0.15) is 43.7 Å². The minimum atomic E-state index is -0.199. The zero-order valence-electron chi connectivity index (χ0n) is 12.6. The summed E-state index contributed by atoms with van der Waals surface area (Å²) in [6, 6.07) is 7.00. The number of amides is 1. The summed E-state index contributed by atoms with van der Waals surface area (Å²) in [6.45, 7) is 1.16. The van der Waals surface area contributed by atoms with Crippen molar-refractivity contribution in [3.63, 3.8) is 0 Å². The normalized spacial score (nSPS) is 31.0. The van der Waals surface area contributed by atoms with Crippen LogP contribution < -0.4 is 15.5 Å². The minimum absolute atomic E-state index is 0.0574. The van der Waals surface area contributed by atoms with Crippen molar-refractivity contribution in [1.29, 1.82) is 0 Å². The van der Waals surface area contributed by atoms with Gasteiger partial charge in [0.2, 0.25) is 5.91 Å². The standard InChI is InChI=1S/C17H23N3O/c1-18-16-13-8-7-12(10-14(13)19-17(16)21)20-9-3-5-11-4-2-6-15(11)20/h7-8,10-11,15-16,18H,2-6,9H2,1H3,(H,19,21). The molecule has 1 aromatic rings. The first-order chi connectivity index (χ1) is 10.3. The molecule has 0 aromatic heterocycles. The Kier molecular flexibility index (Phi) is 3.14. The monoisotopic (exact) mass is 285 g/mol. The van der Waals surface area contributed by atoms with Gasteiger partial charge in [0.25, 0.3) is 0 Å². The average Bonchev–Trinajstić information content (AvgIpc) is 3.08. The highest BCUT2D eigenvalue weighted by Gasteiger charge is 2.36. The van der Waals surface area contributed by atoms with Crippen molar-refractivity contribution in [2.45, 2.75) is 44.2 Å². The lowest BCUT2D eigenvalue weighted by Gasteiger charge is -2.39. The van der Waals surface area contributed by atoms with Gasteiger partial charge in [0.1, 0.15) is 6.04 Å². The third-order valence-electron chi connectivity index (χ3n) is 5.48. The summed E-state index contributed by atoms with van der Waals surface area (Å²) < 4.78 is 0. The lowest BCUT2D eigenvalue weighted by Crippen LogP contribution is -2.42. The average molecular weight is 285 g/mol. The topological polar surface area (TPSA) is 44.4 Å². The number of fused-ring (bicyclic) bond motifs is 2. The number of nitrogens with zero attached hydrogens (tertiary/aromatic N) is 1. The van der Waals surface area contributed by atoms with E-state index in [4.69, 9.17) is 0 Å². The van der Waals surface area contributed by atoms with Gasteiger partial charge in [0, 0.05) is 29.5 Å². The molecule has 2 aliphatic heterocycles. The summed E-state index contributed by atoms with van der Waals surface area (Å²) in [7, 11) is 1.83. The fourth-order valence-electron chi connectivity index (χ4n) is 4.49. The van der Waals surface area contributed by atoms with Gasteiger partial charge in [0.15, 0.2) is 0 Å². The number of carbonyl (C=O) groups excluding carboxylic acids is 1. The number of benzene rings is 1. The van der Waals surface area contributed by atoms with Crippen molar-refractivity contribution in [3.05, 3.63) is 23.8 Å². The Labute approximate surface area is 125 Å². The van der Waals surface area contributed by atoms with E-state index in [9.17, 15) is 4.79 Å². The molecular formula is C17H23N3O. The molecule has 0 spiro atoms. The Morgan fingerprint density at radius 2 is 2.10 bits per heavy atom. The molecule has 2 N–H and O–H groups in total. The van der Waals surface area contributed by atoms with Crippen LogP contribution in [-0.2, 0) is 4.79 Å². The van der Waals surface area contributed by atoms with Crippen molar-refractivity contribution >= 4 is 17.3 Å². The van der Waals surface area contributed by atoms with E-state index in [0.29, 0.717) is 6.04 Å². The van der Waals surface area contributed by atoms with Crippen LogP contribution in [-0.4, -0.2) is 25.5 Å². The number of rotatable bonds is 2. The smallest absolute Gasteiger partial charge is 0.246 e. The van der Waals surface area contributed by atoms with E-state index in [2.05, 4.69) is 33.7 Å². The van der Waals surface area contributed by atoms with Crippen LogP contribution in [0.4, 0.5) is 11.4 Å². The molecule has 0 bridgehead atoms. The Morgan fingerprint density at radius 3 is 2.95 bits per heavy atom. The Bertz CT molecular complexity index is 571. The van der Waals surface area contributed by atoms with Crippen molar-refractivity contribution in [2.24, 2.45) is 5.92 Å². The number of piperidine rings is 1. The molecule has 1 aliphatic carbocycles. The van der Waals surface area contributed by atoms with Crippen LogP contribution in [0.25, 0.3) is 0 Å². The van der Waals surface area contributed by atoms with Crippen LogP contribution in [0.15, 0.2) is 18.2 Å². The Morgan fingerprint density at radius 1 is 1.24 bits per heavy atom. The zero-order chi connectivity index (χ0) is 14.4. The van der Waals surface area contributed by atoms with Gasteiger partial charge < -0.3 is 15.5 Å². The summed E-state index contributed by atoms with van der Waals surface area (Å²) in [4.78, 5) is 14.5. The molecule has 1 aromatic carbocycles. The van der Waals surface area contributed by atoms with Crippen LogP contribution in [0.2, 0.25) is 0 Å². The van der Waals surface area contributed by atoms with Gasteiger partial charge in [-0.15, -0.1) is 0 Å². The van der Waals surface area contributed by atoms with E-state index < -0.39 is 0 Å². The predicted octanol–water partition coefficient (Wildman–Crippen LogP) is 2.67. The van der Waals surface area contributed by atoms with Crippen molar-refractivity contribution in [1.82, 2.24) is 5.32 Å². The molecule has 3 atom stereocenters. The molecule has 4 nitrogen and oxygen atoms in total. The molecule has 4 rings (SSSR count). The third-order valence-corrected chi connectivity index (χ3v) is 5.48. The molecule has 1 saturated carbocycles. The first kappa shape index (κ1) is 13.1. The van der Waals surface area contributed by atoms with E-state index in [1.807, 2.05) is 7.05 Å². The van der Waals surface area contributed by atoms with Crippen LogP contribution >= 0.6 is 0 Å². The largest absolute Gasteiger partial charge is 0.368 e. The van der Waals surface area contributed by atoms with Gasteiger partial charge >= 0.3 is 0 Å². The zero-order valence-corrected chi connectivity index (χ0v) is 12.6. The highest BCUT2D eigenvalue weighted by atomic mass is 16.2. The lowest BCUT2D eigenvalue weighted by atomic mass is 9.91. The second kappa shape index (κ2) is 5.02. The SMILES string of the molecule is CNC1C(=O)Nc2cc(N3CCCC4CCCC43)ccc21. The van der Waals surface area contributed by atoms with E-state index in [0.717, 1.165) is 23.7 Å². The van der Waals surface area contributed by atoms with E-state index in [1.165, 1.54) is 37.8 Å². The maximum atomic E-state index is 11.9. The molecule has 2 fully saturated rings. The lowest BCUT2D eigenvalue weighted by molar-refractivity contribution is -0.117. The fraction of sp³-hybridized carbons (Fsp3) is 0.588. The quantitative estimate of drug-likeness (QED) is 0.878. The van der Waals surface area contributed by atoms with Crippen molar-refractivity contribution in [3.8, 4) is 0 Å². The first-order valence-electron chi connectivity index (χ1n) is 8.16. The molecule has 1 saturated heterocycles. The second-order valence-corrected chi connectivity index (χ2v) is 6.58. The van der Waals surface area contributed by atoms with Gasteiger partial charge in [-0.2, -0.15) is 0 Å². The number of anilines is 2. The summed E-state index contributed by atoms with van der Waals surface area (Å²) >= 11 is 0. The molecule has 2 heterocycles. The van der Waals surface area contributed by atoms with E-state index in [1.54, 1.807) is 0 Å². The van der Waals surface area contributed by atoms with Gasteiger partial charge in [0.05, 0.1) is 0 Å². The molecule has 4 heteroatoms. The molecule has 112 valence electrons. The van der Waals surface area contributed by atoms with Gasteiger partial charge in [-0.3, -0.25) is 4.79 Å². The predicted molar refractivity (Wildman–Crippen MR) is 84.6 cm³/mol. The van der Waals surface area contributed by atoms with Gasteiger partial charge in [-0.25, -0.2) is 0 Å². The number of hydrogen-bond donors (Lipinski definition) is 2. The van der Waals surface area contributed by atoms with E-state index >= 15 is 0 Å². The highest BCUT2D eigenvalue weighted by molar-refractivity contribution is 6.03. The summed E-state index contributed by atoms with van der Waals surface area (Å²) in [6.07, 6.45) is 6.78. The number of carbonyl (C=O) groups is 1. The maximum Gasteiger partial charge on any atom is 0.246 e. The third kappa shape index (κ3) is 2.04. The van der Waals surface area contributed by atoms with Crippen LogP contribution in [0.5, 0.6) is 0 Å². The summed E-state index contributed by atoms with van der Waals surface area (Å²) in [5.41, 5.74) is 3.34. The van der Waals surface area contributed by atoms with Crippen molar-refractivity contribution < 1.29 is 4.79 Å². The van der Waals surface area contributed by atoms with Gasteiger partial charge in [-0.1, -0.05) is 12.5 Å². The Balaban J connectivity index is 1.65. The van der Waals surface area contributed by atoms with Crippen LogP contribution in [0, 0.1) is 5.92 Å².